The Hall–Kier alpha value is 0.0700. The molecule has 0 aromatic heterocycles. The normalized spacial score (nSPS) is 10.6. The van der Waals surface area contributed by atoms with E-state index in [0.717, 1.165) is 0 Å². The minimum atomic E-state index is 0.0266. The van der Waals surface area contributed by atoms with Gasteiger partial charge in [0.2, 0.25) is 0 Å². The van der Waals surface area contributed by atoms with Crippen molar-refractivity contribution >= 4 is 29.2 Å². The molecule has 4 heteroatoms. The SMILES string of the molecule is CC(C)(C)NC(=S)[S-].CC[NH+](CC)CC. The molecule has 0 amide bonds. The summed E-state index contributed by atoms with van der Waals surface area (Å²) in [5.74, 6) is 0. The highest BCUT2D eigenvalue weighted by Gasteiger charge is 2.04. The minimum Gasteiger partial charge on any atom is -0.412 e. The molecule has 2 N–H and O–H groups in total. The largest absolute Gasteiger partial charge is 0.412 e. The zero-order chi connectivity index (χ0) is 12.5. The number of hydrogen-bond donors (Lipinski definition) is 2. The van der Waals surface area contributed by atoms with Crippen LogP contribution in [0.15, 0.2) is 0 Å². The molecule has 0 aliphatic heterocycles. The van der Waals surface area contributed by atoms with Crippen LogP contribution in [0, 0.1) is 0 Å². The van der Waals surface area contributed by atoms with Gasteiger partial charge in [-0.15, -0.1) is 0 Å². The Balaban J connectivity index is 0. The van der Waals surface area contributed by atoms with Gasteiger partial charge in [0, 0.05) is 5.54 Å². The van der Waals surface area contributed by atoms with Crippen molar-refractivity contribution in [2.45, 2.75) is 47.1 Å². The highest BCUT2D eigenvalue weighted by molar-refractivity contribution is 8.00. The minimum absolute atomic E-state index is 0.0266. The second kappa shape index (κ2) is 9.31. The smallest absolute Gasteiger partial charge is 0.0742 e. The molecule has 0 heterocycles. The number of hydrogen-bond acceptors (Lipinski definition) is 2. The highest BCUT2D eigenvalue weighted by atomic mass is 32.1. The van der Waals surface area contributed by atoms with Gasteiger partial charge in [0.15, 0.2) is 0 Å². The van der Waals surface area contributed by atoms with E-state index in [2.05, 4.69) is 50.9 Å². The van der Waals surface area contributed by atoms with Gasteiger partial charge in [0.25, 0.3) is 0 Å². The van der Waals surface area contributed by atoms with Crippen LogP contribution < -0.4 is 10.2 Å². The van der Waals surface area contributed by atoms with Crippen LogP contribution in [0.4, 0.5) is 0 Å². The molecule has 0 spiro atoms. The van der Waals surface area contributed by atoms with Crippen LogP contribution in [0.5, 0.6) is 0 Å². The Bertz CT molecular complexity index is 155. The molecule has 0 aliphatic carbocycles. The molecule has 0 atom stereocenters. The zero-order valence-corrected chi connectivity index (χ0v) is 12.6. The predicted octanol–water partition coefficient (Wildman–Crippen LogP) is 1.14. The van der Waals surface area contributed by atoms with Gasteiger partial charge in [-0.1, -0.05) is 4.32 Å². The summed E-state index contributed by atoms with van der Waals surface area (Å²) in [6.07, 6.45) is 0. The van der Waals surface area contributed by atoms with Crippen molar-refractivity contribution in [2.75, 3.05) is 19.6 Å². The molecule has 2 nitrogen and oxygen atoms in total. The van der Waals surface area contributed by atoms with Crippen LogP contribution in [-0.2, 0) is 12.6 Å². The molecular weight excluding hydrogens is 224 g/mol. The summed E-state index contributed by atoms with van der Waals surface area (Å²) < 4.78 is 0.442. The molecule has 0 aliphatic rings. The fourth-order valence-electron chi connectivity index (χ4n) is 1.06. The van der Waals surface area contributed by atoms with Gasteiger partial charge in [0.05, 0.1) is 19.6 Å². The molecule has 0 aromatic rings. The van der Waals surface area contributed by atoms with Crippen LogP contribution in [0.1, 0.15) is 41.5 Å². The van der Waals surface area contributed by atoms with Gasteiger partial charge in [0.1, 0.15) is 0 Å². The molecule has 0 rings (SSSR count). The molecule has 0 bridgehead atoms. The van der Waals surface area contributed by atoms with E-state index < -0.39 is 0 Å². The maximum absolute atomic E-state index is 4.65. The average Bonchev–Trinajstić information content (AvgIpc) is 2.03. The number of nitrogens with one attached hydrogen (secondary N) is 2. The van der Waals surface area contributed by atoms with Gasteiger partial charge < -0.3 is 35.1 Å². The first kappa shape index (κ1) is 17.5. The van der Waals surface area contributed by atoms with Gasteiger partial charge in [-0.3, -0.25) is 0 Å². The molecule has 0 fully saturated rings. The molecule has 0 aromatic carbocycles. The molecule has 0 unspecified atom stereocenters. The van der Waals surface area contributed by atoms with E-state index in [1.807, 2.05) is 20.8 Å². The Morgan fingerprint density at radius 3 is 1.47 bits per heavy atom. The summed E-state index contributed by atoms with van der Waals surface area (Å²) >= 11 is 9.29. The lowest BCUT2D eigenvalue weighted by atomic mass is 10.1. The quantitative estimate of drug-likeness (QED) is 0.578. The number of thiocarbonyl (C=S) groups is 1. The Morgan fingerprint density at radius 2 is 1.47 bits per heavy atom. The van der Waals surface area contributed by atoms with E-state index in [-0.39, 0.29) is 5.54 Å². The number of rotatable bonds is 3. The van der Waals surface area contributed by atoms with Crippen molar-refractivity contribution in [3.63, 3.8) is 0 Å². The van der Waals surface area contributed by atoms with Crippen LogP contribution in [-0.4, -0.2) is 29.5 Å². The summed E-state index contributed by atoms with van der Waals surface area (Å²) in [6.45, 7) is 16.5. The van der Waals surface area contributed by atoms with Crippen molar-refractivity contribution in [3.05, 3.63) is 0 Å². The van der Waals surface area contributed by atoms with Gasteiger partial charge in [-0.2, -0.15) is 0 Å². The second-order valence-electron chi connectivity index (χ2n) is 4.47. The van der Waals surface area contributed by atoms with E-state index >= 15 is 0 Å². The Labute approximate surface area is 106 Å². The number of quaternary nitrogens is 1. The van der Waals surface area contributed by atoms with E-state index in [4.69, 9.17) is 0 Å². The molecule has 0 saturated carbocycles. The summed E-state index contributed by atoms with van der Waals surface area (Å²) in [4.78, 5) is 1.68. The van der Waals surface area contributed by atoms with Crippen molar-refractivity contribution in [1.29, 1.82) is 0 Å². The summed E-state index contributed by atoms with van der Waals surface area (Å²) in [5, 5.41) is 2.93. The van der Waals surface area contributed by atoms with Gasteiger partial charge in [-0.25, -0.2) is 0 Å². The van der Waals surface area contributed by atoms with Gasteiger partial charge >= 0.3 is 0 Å². The lowest BCUT2D eigenvalue weighted by Gasteiger charge is -2.24. The van der Waals surface area contributed by atoms with Gasteiger partial charge in [-0.05, 0) is 41.5 Å². The van der Waals surface area contributed by atoms with Crippen molar-refractivity contribution in [2.24, 2.45) is 0 Å². The summed E-state index contributed by atoms with van der Waals surface area (Å²) in [6, 6.07) is 0. The fourth-order valence-corrected chi connectivity index (χ4v) is 1.67. The van der Waals surface area contributed by atoms with Crippen molar-refractivity contribution in [3.8, 4) is 0 Å². The van der Waals surface area contributed by atoms with Crippen molar-refractivity contribution in [1.82, 2.24) is 5.32 Å². The molecule has 15 heavy (non-hydrogen) atoms. The third kappa shape index (κ3) is 16.7. The molecule has 92 valence electrons. The average molecular weight is 250 g/mol. The first-order chi connectivity index (χ1) is 6.76. The van der Waals surface area contributed by atoms with Crippen LogP contribution >= 0.6 is 12.2 Å². The standard InChI is InChI=1S/C6H15N.C5H11NS2/c1-4-7(5-2)6-3;1-5(2,3)6-4(7)8/h4-6H2,1-3H3;1-3H3,(H2,6,7,8). The lowest BCUT2D eigenvalue weighted by molar-refractivity contribution is -0.894. The second-order valence-corrected chi connectivity index (χ2v) is 5.55. The van der Waals surface area contributed by atoms with Crippen LogP contribution in [0.2, 0.25) is 0 Å². The van der Waals surface area contributed by atoms with E-state index in [0.29, 0.717) is 4.32 Å². The maximum Gasteiger partial charge on any atom is 0.0742 e. The molecule has 0 radical (unpaired) electrons. The first-order valence-corrected chi connectivity index (χ1v) is 6.41. The third-order valence-corrected chi connectivity index (χ3v) is 2.18. The summed E-state index contributed by atoms with van der Waals surface area (Å²) in [7, 11) is 0. The highest BCUT2D eigenvalue weighted by Crippen LogP contribution is 1.97. The maximum atomic E-state index is 4.65. The van der Waals surface area contributed by atoms with Crippen LogP contribution in [0.3, 0.4) is 0 Å². The van der Waals surface area contributed by atoms with Crippen molar-refractivity contribution < 1.29 is 4.90 Å². The van der Waals surface area contributed by atoms with E-state index in [1.54, 1.807) is 4.90 Å². The Kier molecular flexibility index (Phi) is 10.8. The summed E-state index contributed by atoms with van der Waals surface area (Å²) in [5.41, 5.74) is 0.0266. The molecular formula is C11H26N2S2. The first-order valence-electron chi connectivity index (χ1n) is 5.59. The van der Waals surface area contributed by atoms with E-state index in [1.165, 1.54) is 19.6 Å². The third-order valence-electron chi connectivity index (χ3n) is 1.98. The van der Waals surface area contributed by atoms with Crippen LogP contribution in [0.25, 0.3) is 0 Å². The monoisotopic (exact) mass is 250 g/mol. The van der Waals surface area contributed by atoms with E-state index in [9.17, 15) is 0 Å². The Morgan fingerprint density at radius 1 is 1.13 bits per heavy atom. The lowest BCUT2D eigenvalue weighted by Crippen LogP contribution is -3.11. The molecule has 0 saturated heterocycles. The predicted molar refractivity (Wildman–Crippen MR) is 75.4 cm³/mol. The topological polar surface area (TPSA) is 16.5 Å². The fraction of sp³-hybridized carbons (Fsp3) is 0.909. The zero-order valence-electron chi connectivity index (χ0n) is 10.9.